The van der Waals surface area contributed by atoms with E-state index in [1.54, 1.807) is 0 Å². The average Bonchev–Trinajstić information content (AvgIpc) is 2.43. The topological polar surface area (TPSA) is 75.4 Å². The number of hydrogen-bond donors (Lipinski definition) is 2. The molecule has 5 heteroatoms. The van der Waals surface area contributed by atoms with Crippen LogP contribution >= 0.6 is 0 Å². The molecule has 1 aromatic rings. The van der Waals surface area contributed by atoms with Crippen LogP contribution in [0.4, 0.5) is 0 Å². The Bertz CT molecular complexity index is 446. The molecule has 0 aliphatic rings. The van der Waals surface area contributed by atoms with Crippen LogP contribution in [0.2, 0.25) is 0 Å². The maximum atomic E-state index is 12.0. The molecule has 0 radical (unpaired) electrons. The van der Waals surface area contributed by atoms with Gasteiger partial charge in [0.2, 0.25) is 0 Å². The molecule has 1 rings (SSSR count). The van der Waals surface area contributed by atoms with Crippen LogP contribution in [-0.2, 0) is 16.1 Å². The Balaban J connectivity index is 2.70. The molecule has 0 atom stereocenters. The normalized spacial score (nSPS) is 10.1. The molecular weight excluding hydrogens is 242 g/mol. The van der Waals surface area contributed by atoms with E-state index in [-0.39, 0.29) is 0 Å². The van der Waals surface area contributed by atoms with E-state index in [0.29, 0.717) is 26.2 Å². The van der Waals surface area contributed by atoms with Crippen molar-refractivity contribution in [3.05, 3.63) is 35.4 Å². The average molecular weight is 263 g/mol. The van der Waals surface area contributed by atoms with E-state index >= 15 is 0 Å². The maximum Gasteiger partial charge on any atom is 0.312 e. The molecule has 0 aliphatic heterocycles. The van der Waals surface area contributed by atoms with E-state index in [4.69, 9.17) is 5.73 Å². The molecule has 0 saturated heterocycles. The first-order valence-corrected chi connectivity index (χ1v) is 6.41. The molecule has 3 N–H and O–H groups in total. The summed E-state index contributed by atoms with van der Waals surface area (Å²) in [6.45, 7) is 5.41. The fourth-order valence-electron chi connectivity index (χ4n) is 1.73. The highest BCUT2D eigenvalue weighted by atomic mass is 16.2. The Kier molecular flexibility index (Phi) is 6.02. The van der Waals surface area contributed by atoms with Crippen LogP contribution in [0, 0.1) is 6.92 Å². The van der Waals surface area contributed by atoms with Crippen LogP contribution in [0.25, 0.3) is 0 Å². The lowest BCUT2D eigenvalue weighted by Crippen LogP contribution is -2.44. The zero-order valence-electron chi connectivity index (χ0n) is 11.5. The molecule has 0 heterocycles. The van der Waals surface area contributed by atoms with Gasteiger partial charge in [0.15, 0.2) is 0 Å². The molecular formula is C14H21N3O2. The van der Waals surface area contributed by atoms with Gasteiger partial charge in [0.1, 0.15) is 0 Å². The van der Waals surface area contributed by atoms with E-state index in [1.807, 2.05) is 38.1 Å². The van der Waals surface area contributed by atoms with Crippen LogP contribution in [0.15, 0.2) is 24.3 Å². The van der Waals surface area contributed by atoms with Crippen molar-refractivity contribution < 1.29 is 9.59 Å². The predicted molar refractivity (Wildman–Crippen MR) is 74.3 cm³/mol. The molecule has 1 aromatic carbocycles. The van der Waals surface area contributed by atoms with Crippen molar-refractivity contribution in [2.75, 3.05) is 19.6 Å². The van der Waals surface area contributed by atoms with Gasteiger partial charge in [-0.3, -0.25) is 9.59 Å². The van der Waals surface area contributed by atoms with Crippen molar-refractivity contribution in [3.63, 3.8) is 0 Å². The van der Waals surface area contributed by atoms with E-state index in [0.717, 1.165) is 11.1 Å². The summed E-state index contributed by atoms with van der Waals surface area (Å²) in [4.78, 5) is 25.1. The minimum absolute atomic E-state index is 0.312. The number of likely N-dealkylation sites (N-methyl/N-ethyl adjacent to an activating group) is 1. The van der Waals surface area contributed by atoms with Crippen LogP contribution in [0.3, 0.4) is 0 Å². The van der Waals surface area contributed by atoms with E-state index in [9.17, 15) is 9.59 Å². The highest BCUT2D eigenvalue weighted by Crippen LogP contribution is 2.10. The highest BCUT2D eigenvalue weighted by molar-refractivity contribution is 6.34. The fraction of sp³-hybridized carbons (Fsp3) is 0.429. The van der Waals surface area contributed by atoms with Crippen LogP contribution in [0.5, 0.6) is 0 Å². The molecule has 2 amide bonds. The molecule has 0 saturated carbocycles. The Hall–Kier alpha value is -1.88. The van der Waals surface area contributed by atoms with Crippen LogP contribution < -0.4 is 11.1 Å². The maximum absolute atomic E-state index is 12.0. The van der Waals surface area contributed by atoms with Gasteiger partial charge in [-0.2, -0.15) is 0 Å². The molecule has 0 spiro atoms. The number of carbonyl (C=O) groups excluding carboxylic acids is 2. The van der Waals surface area contributed by atoms with Gasteiger partial charge in [0.25, 0.3) is 0 Å². The number of carbonyl (C=O) groups is 2. The minimum atomic E-state index is -0.596. The summed E-state index contributed by atoms with van der Waals surface area (Å²) in [7, 11) is 0. The number of hydrogen-bond acceptors (Lipinski definition) is 3. The van der Waals surface area contributed by atoms with Crippen molar-refractivity contribution in [2.24, 2.45) is 5.73 Å². The molecule has 0 fully saturated rings. The van der Waals surface area contributed by atoms with Crippen LogP contribution in [-0.4, -0.2) is 36.3 Å². The molecule has 0 aliphatic carbocycles. The van der Waals surface area contributed by atoms with Crippen LogP contribution in [0.1, 0.15) is 18.1 Å². The summed E-state index contributed by atoms with van der Waals surface area (Å²) >= 11 is 0. The standard InChI is InChI=1S/C14H21N3O2/c1-3-17(14(19)13(18)16-9-8-15)10-12-7-5-4-6-11(12)2/h4-7H,3,8-10,15H2,1-2H3,(H,16,18). The number of nitrogens with two attached hydrogens (primary N) is 1. The third-order valence-corrected chi connectivity index (χ3v) is 2.92. The summed E-state index contributed by atoms with van der Waals surface area (Å²) < 4.78 is 0. The Morgan fingerprint density at radius 3 is 2.58 bits per heavy atom. The quantitative estimate of drug-likeness (QED) is 0.756. The number of amides is 2. The Morgan fingerprint density at radius 2 is 2.00 bits per heavy atom. The first-order valence-electron chi connectivity index (χ1n) is 6.41. The van der Waals surface area contributed by atoms with Crippen molar-refractivity contribution in [3.8, 4) is 0 Å². The molecule has 5 nitrogen and oxygen atoms in total. The minimum Gasteiger partial charge on any atom is -0.347 e. The van der Waals surface area contributed by atoms with Crippen molar-refractivity contribution >= 4 is 11.8 Å². The number of nitrogens with zero attached hydrogens (tertiary/aromatic N) is 1. The number of aryl methyl sites for hydroxylation is 1. The number of rotatable bonds is 5. The van der Waals surface area contributed by atoms with Crippen molar-refractivity contribution in [1.82, 2.24) is 10.2 Å². The van der Waals surface area contributed by atoms with E-state index in [1.165, 1.54) is 4.90 Å². The second-order valence-corrected chi connectivity index (χ2v) is 4.29. The summed E-state index contributed by atoms with van der Waals surface area (Å²) in [5.41, 5.74) is 7.44. The molecule has 19 heavy (non-hydrogen) atoms. The Labute approximate surface area is 113 Å². The largest absolute Gasteiger partial charge is 0.347 e. The van der Waals surface area contributed by atoms with E-state index in [2.05, 4.69) is 5.32 Å². The van der Waals surface area contributed by atoms with Gasteiger partial charge < -0.3 is 16.0 Å². The first-order chi connectivity index (χ1) is 9.10. The lowest BCUT2D eigenvalue weighted by Gasteiger charge is -2.21. The highest BCUT2D eigenvalue weighted by Gasteiger charge is 2.20. The zero-order chi connectivity index (χ0) is 14.3. The summed E-state index contributed by atoms with van der Waals surface area (Å²) in [5.74, 6) is -1.11. The lowest BCUT2D eigenvalue weighted by atomic mass is 10.1. The van der Waals surface area contributed by atoms with E-state index < -0.39 is 11.8 Å². The fourth-order valence-corrected chi connectivity index (χ4v) is 1.73. The monoisotopic (exact) mass is 263 g/mol. The lowest BCUT2D eigenvalue weighted by molar-refractivity contribution is -0.146. The number of nitrogens with one attached hydrogen (secondary N) is 1. The van der Waals surface area contributed by atoms with Gasteiger partial charge in [0.05, 0.1) is 0 Å². The Morgan fingerprint density at radius 1 is 1.32 bits per heavy atom. The van der Waals surface area contributed by atoms with Gasteiger partial charge in [0, 0.05) is 26.2 Å². The van der Waals surface area contributed by atoms with Gasteiger partial charge in [-0.15, -0.1) is 0 Å². The third kappa shape index (κ3) is 4.37. The molecule has 0 unspecified atom stereocenters. The second-order valence-electron chi connectivity index (χ2n) is 4.29. The SMILES string of the molecule is CCN(Cc1ccccc1C)C(=O)C(=O)NCCN. The van der Waals surface area contributed by atoms with Crippen molar-refractivity contribution in [1.29, 1.82) is 0 Å². The number of benzene rings is 1. The first kappa shape index (κ1) is 15.2. The van der Waals surface area contributed by atoms with Crippen molar-refractivity contribution in [2.45, 2.75) is 20.4 Å². The van der Waals surface area contributed by atoms with Gasteiger partial charge in [-0.05, 0) is 25.0 Å². The predicted octanol–water partition coefficient (Wildman–Crippen LogP) is 0.418. The molecule has 104 valence electrons. The van der Waals surface area contributed by atoms with Gasteiger partial charge in [-0.1, -0.05) is 24.3 Å². The summed E-state index contributed by atoms with van der Waals surface area (Å²) in [6.07, 6.45) is 0. The summed E-state index contributed by atoms with van der Waals surface area (Å²) in [5, 5.41) is 2.49. The second kappa shape index (κ2) is 7.53. The zero-order valence-corrected chi connectivity index (χ0v) is 11.5. The smallest absolute Gasteiger partial charge is 0.312 e. The molecule has 0 aromatic heterocycles. The summed E-state index contributed by atoms with van der Waals surface area (Å²) in [6, 6.07) is 7.82. The molecule has 0 bridgehead atoms. The third-order valence-electron chi connectivity index (χ3n) is 2.92. The van der Waals surface area contributed by atoms with Gasteiger partial charge >= 0.3 is 11.8 Å². The van der Waals surface area contributed by atoms with Gasteiger partial charge in [-0.25, -0.2) is 0 Å².